The van der Waals surface area contributed by atoms with Crippen molar-refractivity contribution in [1.29, 1.82) is 0 Å². The summed E-state index contributed by atoms with van der Waals surface area (Å²) in [5, 5.41) is 0. The SMILES string of the molecule is C=C(C)C(=O)OC(C)(OC(=O)C(=C)C)C(=O)OC(C)(C)C.c1cc2ccc1-2. The van der Waals surface area contributed by atoms with E-state index >= 15 is 0 Å². The van der Waals surface area contributed by atoms with Crippen LogP contribution in [0.4, 0.5) is 0 Å². The number of hydrogen-bond donors (Lipinski definition) is 0. The van der Waals surface area contributed by atoms with Gasteiger partial charge < -0.3 is 14.2 Å². The van der Waals surface area contributed by atoms with Crippen molar-refractivity contribution in [2.24, 2.45) is 0 Å². The van der Waals surface area contributed by atoms with E-state index in [1.165, 1.54) is 25.0 Å². The zero-order valence-electron chi connectivity index (χ0n) is 16.7. The molecular formula is C21H26O6. The molecule has 2 rings (SSSR count). The van der Waals surface area contributed by atoms with E-state index in [2.05, 4.69) is 37.4 Å². The van der Waals surface area contributed by atoms with Crippen LogP contribution in [-0.4, -0.2) is 29.3 Å². The van der Waals surface area contributed by atoms with Gasteiger partial charge in [-0.05, 0) is 45.7 Å². The summed E-state index contributed by atoms with van der Waals surface area (Å²) in [6.07, 6.45) is 0. The Morgan fingerprint density at radius 2 is 1.07 bits per heavy atom. The van der Waals surface area contributed by atoms with Gasteiger partial charge in [0.1, 0.15) is 5.60 Å². The number of esters is 3. The van der Waals surface area contributed by atoms with E-state index in [0.717, 1.165) is 6.92 Å². The van der Waals surface area contributed by atoms with Crippen LogP contribution in [0, 0.1) is 0 Å². The predicted octanol–water partition coefficient (Wildman–Crippen LogP) is 3.95. The van der Waals surface area contributed by atoms with Crippen molar-refractivity contribution in [2.45, 2.75) is 52.9 Å². The van der Waals surface area contributed by atoms with Crippen molar-refractivity contribution in [1.82, 2.24) is 0 Å². The van der Waals surface area contributed by atoms with Gasteiger partial charge in [-0.15, -0.1) is 0 Å². The molecule has 0 saturated heterocycles. The molecule has 0 aliphatic heterocycles. The summed E-state index contributed by atoms with van der Waals surface area (Å²) in [7, 11) is 0. The second-order valence-corrected chi connectivity index (χ2v) is 7.36. The zero-order chi connectivity index (χ0) is 21.0. The third kappa shape index (κ3) is 6.40. The summed E-state index contributed by atoms with van der Waals surface area (Å²) in [6, 6.07) is 8.48. The fourth-order valence-electron chi connectivity index (χ4n) is 1.67. The topological polar surface area (TPSA) is 78.9 Å². The highest BCUT2D eigenvalue weighted by molar-refractivity contribution is 5.93. The number of hydrogen-bond acceptors (Lipinski definition) is 6. The average molecular weight is 374 g/mol. The van der Waals surface area contributed by atoms with Crippen LogP contribution in [0.2, 0.25) is 0 Å². The first-order chi connectivity index (χ1) is 12.2. The lowest BCUT2D eigenvalue weighted by Gasteiger charge is -2.30. The van der Waals surface area contributed by atoms with Gasteiger partial charge in [0.2, 0.25) is 0 Å². The molecule has 2 aliphatic carbocycles. The summed E-state index contributed by atoms with van der Waals surface area (Å²) in [4.78, 5) is 35.4. The van der Waals surface area contributed by atoms with E-state index < -0.39 is 29.3 Å². The Labute approximate surface area is 159 Å². The molecule has 2 aliphatic rings. The first kappa shape index (κ1) is 22.2. The molecule has 0 radical (unpaired) electrons. The van der Waals surface area contributed by atoms with Crippen molar-refractivity contribution < 1.29 is 28.6 Å². The molecule has 0 saturated carbocycles. The summed E-state index contributed by atoms with van der Waals surface area (Å²) in [5.41, 5.74) is 2.11. The van der Waals surface area contributed by atoms with Gasteiger partial charge in [-0.3, -0.25) is 0 Å². The van der Waals surface area contributed by atoms with Crippen LogP contribution >= 0.6 is 0 Å². The third-order valence-electron chi connectivity index (χ3n) is 3.26. The standard InChI is InChI=1S/C15H22O6.C6H4/c1-9(2)11(16)19-15(8,20-12(17)10(3)4)13(18)21-14(5,6)7;1-2-6-4-3-5(1)6/h1,3H2,2,4-8H3;1-4H. The van der Waals surface area contributed by atoms with Crippen molar-refractivity contribution in [2.75, 3.05) is 0 Å². The molecular weight excluding hydrogens is 348 g/mol. The molecule has 0 heterocycles. The Kier molecular flexibility index (Phi) is 6.73. The predicted molar refractivity (Wildman–Crippen MR) is 101 cm³/mol. The van der Waals surface area contributed by atoms with Crippen LogP contribution < -0.4 is 0 Å². The normalized spacial score (nSPS) is 11.3. The fraction of sp³-hybridized carbons (Fsp3) is 0.381. The molecule has 0 atom stereocenters. The Hall–Kier alpha value is -2.89. The summed E-state index contributed by atoms with van der Waals surface area (Å²) in [5.74, 6) is -4.96. The zero-order valence-corrected chi connectivity index (χ0v) is 16.7. The smallest absolute Gasteiger partial charge is 0.393 e. The maximum Gasteiger partial charge on any atom is 0.393 e. The van der Waals surface area contributed by atoms with E-state index in [9.17, 15) is 14.4 Å². The van der Waals surface area contributed by atoms with Gasteiger partial charge in [-0.1, -0.05) is 37.4 Å². The molecule has 0 aromatic carbocycles. The van der Waals surface area contributed by atoms with E-state index in [0.29, 0.717) is 0 Å². The second kappa shape index (κ2) is 8.20. The largest absolute Gasteiger partial charge is 0.454 e. The first-order valence-corrected chi connectivity index (χ1v) is 8.37. The Bertz CT molecular complexity index is 716. The van der Waals surface area contributed by atoms with Crippen molar-refractivity contribution in [3.8, 4) is 11.1 Å². The third-order valence-corrected chi connectivity index (χ3v) is 3.26. The lowest BCUT2D eigenvalue weighted by atomic mass is 9.95. The molecule has 146 valence electrons. The first-order valence-electron chi connectivity index (χ1n) is 8.37. The van der Waals surface area contributed by atoms with Gasteiger partial charge >= 0.3 is 23.7 Å². The molecule has 0 unspecified atom stereocenters. The molecule has 27 heavy (non-hydrogen) atoms. The Balaban J connectivity index is 0.000000495. The van der Waals surface area contributed by atoms with Gasteiger partial charge in [-0.25, -0.2) is 14.4 Å². The molecule has 6 nitrogen and oxygen atoms in total. The number of carbonyl (C=O) groups is 3. The van der Waals surface area contributed by atoms with Crippen LogP contribution in [0.3, 0.4) is 0 Å². The van der Waals surface area contributed by atoms with Crippen LogP contribution in [0.15, 0.2) is 48.6 Å². The van der Waals surface area contributed by atoms with E-state index in [1.807, 2.05) is 0 Å². The molecule has 0 bridgehead atoms. The van der Waals surface area contributed by atoms with Gasteiger partial charge in [0.15, 0.2) is 0 Å². The van der Waals surface area contributed by atoms with E-state index in [4.69, 9.17) is 14.2 Å². The second-order valence-electron chi connectivity index (χ2n) is 7.36. The minimum atomic E-state index is -2.21. The maximum atomic E-state index is 12.2. The van der Waals surface area contributed by atoms with Crippen molar-refractivity contribution >= 4 is 17.9 Å². The molecule has 0 fully saturated rings. The van der Waals surface area contributed by atoms with E-state index in [1.54, 1.807) is 20.8 Å². The number of benzene rings is 1. The van der Waals surface area contributed by atoms with Gasteiger partial charge in [0.25, 0.3) is 0 Å². The van der Waals surface area contributed by atoms with Crippen molar-refractivity contribution in [3.05, 3.63) is 48.6 Å². The quantitative estimate of drug-likeness (QED) is 0.448. The monoisotopic (exact) mass is 374 g/mol. The molecule has 0 aromatic heterocycles. The summed E-state index contributed by atoms with van der Waals surface area (Å²) < 4.78 is 15.0. The number of carbonyl (C=O) groups excluding carboxylic acids is 3. The molecule has 0 spiro atoms. The average Bonchev–Trinajstić information content (AvgIpc) is 2.49. The number of ether oxygens (including phenoxy) is 3. The van der Waals surface area contributed by atoms with E-state index in [-0.39, 0.29) is 11.1 Å². The minimum absolute atomic E-state index is 0.0520. The van der Waals surface area contributed by atoms with Crippen LogP contribution in [0.1, 0.15) is 41.5 Å². The number of fused-ring (bicyclic) bond motifs is 1. The summed E-state index contributed by atoms with van der Waals surface area (Å²) >= 11 is 0. The fourth-order valence-corrected chi connectivity index (χ4v) is 1.67. The van der Waals surface area contributed by atoms with Gasteiger partial charge in [0.05, 0.1) is 0 Å². The van der Waals surface area contributed by atoms with Crippen LogP contribution in [-0.2, 0) is 28.6 Å². The maximum absolute atomic E-state index is 12.2. The highest BCUT2D eigenvalue weighted by Crippen LogP contribution is 2.29. The van der Waals surface area contributed by atoms with Gasteiger partial charge in [0, 0.05) is 18.1 Å². The lowest BCUT2D eigenvalue weighted by Crippen LogP contribution is -2.48. The molecule has 0 N–H and O–H groups in total. The van der Waals surface area contributed by atoms with Crippen molar-refractivity contribution in [3.63, 3.8) is 0 Å². The molecule has 6 heteroatoms. The number of rotatable bonds is 5. The van der Waals surface area contributed by atoms with Crippen LogP contribution in [0.5, 0.6) is 0 Å². The van der Waals surface area contributed by atoms with Crippen LogP contribution in [0.25, 0.3) is 11.1 Å². The highest BCUT2D eigenvalue weighted by Gasteiger charge is 2.45. The Morgan fingerprint density at radius 3 is 1.26 bits per heavy atom. The van der Waals surface area contributed by atoms with Gasteiger partial charge in [-0.2, -0.15) is 0 Å². The highest BCUT2D eigenvalue weighted by atomic mass is 16.8. The minimum Gasteiger partial charge on any atom is -0.454 e. The molecule has 0 amide bonds. The lowest BCUT2D eigenvalue weighted by molar-refractivity contribution is -0.236. The molecule has 0 aromatic rings. The summed E-state index contributed by atoms with van der Waals surface area (Å²) in [6.45, 7) is 15.6. The Morgan fingerprint density at radius 1 is 0.741 bits per heavy atom.